The molecule has 1 saturated heterocycles. The van der Waals surface area contributed by atoms with Crippen molar-refractivity contribution in [1.29, 1.82) is 0 Å². The molecule has 19 N–H and O–H groups in total. The molecule has 0 spiro atoms. The maximum atomic E-state index is 10.1. The fourth-order valence-electron chi connectivity index (χ4n) is 1.96. The number of hydrogen-bond acceptors (Lipinski definition) is 14. The lowest BCUT2D eigenvalue weighted by Crippen LogP contribution is -2.34. The smallest absolute Gasteiger partial charge is 0.321 e. The molecule has 20 nitrogen and oxygen atoms in total. The molecule has 1 heterocycles. The van der Waals surface area contributed by atoms with Crippen LogP contribution in [0.25, 0.3) is 0 Å². The van der Waals surface area contributed by atoms with Crippen molar-refractivity contribution in [2.45, 2.75) is 96.6 Å². The lowest BCUT2D eigenvalue weighted by molar-refractivity contribution is -0.140. The predicted octanol–water partition coefficient (Wildman–Crippen LogP) is -2.66. The van der Waals surface area contributed by atoms with E-state index in [9.17, 15) is 33.6 Å². The van der Waals surface area contributed by atoms with Gasteiger partial charge in [0.2, 0.25) is 5.91 Å². The number of primary amides is 1. The minimum absolute atomic E-state index is 0.0208. The van der Waals surface area contributed by atoms with Crippen LogP contribution in [0.2, 0.25) is 0 Å². The third-order valence-electron chi connectivity index (χ3n) is 5.29. The van der Waals surface area contributed by atoms with Crippen molar-refractivity contribution >= 4 is 54.4 Å². The molecular weight excluding hydrogens is 650 g/mol. The molecule has 0 bridgehead atoms. The van der Waals surface area contributed by atoms with Gasteiger partial charge in [-0.3, -0.25) is 33.6 Å². The maximum Gasteiger partial charge on any atom is 0.321 e. The van der Waals surface area contributed by atoms with Crippen LogP contribution in [-0.4, -0.2) is 121 Å². The van der Waals surface area contributed by atoms with Gasteiger partial charge in [-0.15, -0.1) is 0 Å². The summed E-state index contributed by atoms with van der Waals surface area (Å²) in [5, 5.41) is 51.8. The molecule has 0 aromatic carbocycles. The van der Waals surface area contributed by atoms with E-state index < -0.39 is 71.9 Å². The highest BCUT2D eigenvalue weighted by Gasteiger charge is 2.20. The predicted molar refractivity (Wildman–Crippen MR) is 174 cm³/mol. The first-order chi connectivity index (χ1) is 21.3. The first-order valence-corrected chi connectivity index (χ1v) is 14.7. The van der Waals surface area contributed by atoms with Crippen molar-refractivity contribution < 1.29 is 64.2 Å². The number of nitrogens with one attached hydrogen (secondary N) is 1. The fourth-order valence-corrected chi connectivity index (χ4v) is 2.12. The number of carboxylic acids is 6. The standard InChI is InChI=1S/C5H10N2O3.C5H9NO2.2C5H11NO2.C3H7NO2S.C3H7NO2/c6-3(5(9)10)1-2-4(7)8;7-5(8)4-2-1-3-6-4;2*1-3(2)4(6)5(7)8;4-2(1-7)3(5)6;1-2(4)3(5)6/h3H,1-2,6H2,(H2,7,8)(H,9,10);4,6H,1-3H2,(H,7,8);2*3-4H,6H2,1-2H3,(H,7,8);2,7H,1,4H2,(H,5,6);2H,4H2,1H3,(H,5,6)/t3-;3*4-;2*2-/m000000/s1. The Bertz CT molecular complexity index is 894. The zero-order chi connectivity index (χ0) is 38.6. The highest BCUT2D eigenvalue weighted by atomic mass is 32.1. The van der Waals surface area contributed by atoms with Gasteiger partial charge in [0.05, 0.1) is 0 Å². The van der Waals surface area contributed by atoms with Crippen LogP contribution >= 0.6 is 12.6 Å². The van der Waals surface area contributed by atoms with E-state index in [4.69, 9.17) is 65.0 Å². The van der Waals surface area contributed by atoms with Crippen LogP contribution < -0.4 is 39.7 Å². The Morgan fingerprint density at radius 2 is 1.04 bits per heavy atom. The Morgan fingerprint density at radius 1 is 0.681 bits per heavy atom. The monoisotopic (exact) mass is 705 g/mol. The molecule has 1 aliphatic rings. The SMILES string of the molecule is CC(C)[C@H](N)C(=O)O.CC(C)[C@H](N)C(=O)O.C[C@H](N)C(=O)O.NC(=O)CC[C@H](N)C(=O)O.N[C@@H](CS)C(=O)O.O=C(O)[C@@H]1CCCN1. The molecule has 0 aliphatic carbocycles. The van der Waals surface area contributed by atoms with E-state index in [1.54, 1.807) is 27.7 Å². The van der Waals surface area contributed by atoms with Crippen molar-refractivity contribution in [3.63, 3.8) is 0 Å². The second-order valence-corrected chi connectivity index (χ2v) is 10.8. The summed E-state index contributed by atoms with van der Waals surface area (Å²) >= 11 is 3.65. The van der Waals surface area contributed by atoms with Crippen LogP contribution in [0.3, 0.4) is 0 Å². The average Bonchev–Trinajstić information content (AvgIpc) is 3.51. The summed E-state index contributed by atoms with van der Waals surface area (Å²) in [7, 11) is 0. The Labute approximate surface area is 279 Å². The number of carbonyl (C=O) groups is 7. The molecular formula is C26H55N7O13S. The van der Waals surface area contributed by atoms with Crippen LogP contribution in [-0.2, 0) is 33.6 Å². The fraction of sp³-hybridized carbons (Fsp3) is 0.731. The Morgan fingerprint density at radius 3 is 1.15 bits per heavy atom. The summed E-state index contributed by atoms with van der Waals surface area (Å²) in [5.41, 5.74) is 29.9. The van der Waals surface area contributed by atoms with Gasteiger partial charge in [-0.2, -0.15) is 12.6 Å². The zero-order valence-corrected chi connectivity index (χ0v) is 28.2. The van der Waals surface area contributed by atoms with E-state index >= 15 is 0 Å². The van der Waals surface area contributed by atoms with Gasteiger partial charge in [0, 0.05) is 12.2 Å². The topological polar surface area (TPSA) is 409 Å². The van der Waals surface area contributed by atoms with Gasteiger partial charge in [0.1, 0.15) is 36.3 Å². The molecule has 47 heavy (non-hydrogen) atoms. The maximum absolute atomic E-state index is 10.1. The summed E-state index contributed by atoms with van der Waals surface area (Å²) in [5.74, 6) is -5.96. The molecule has 1 fully saturated rings. The Hall–Kier alpha value is -3.60. The lowest BCUT2D eigenvalue weighted by Gasteiger charge is -2.07. The van der Waals surface area contributed by atoms with Crippen LogP contribution in [0.1, 0.15) is 60.3 Å². The van der Waals surface area contributed by atoms with Crippen molar-refractivity contribution in [2.75, 3.05) is 12.3 Å². The molecule has 0 saturated carbocycles. The highest BCUT2D eigenvalue weighted by molar-refractivity contribution is 7.80. The highest BCUT2D eigenvalue weighted by Crippen LogP contribution is 2.03. The number of nitrogens with two attached hydrogens (primary N) is 6. The normalized spacial score (nSPS) is 16.0. The Balaban J connectivity index is -0.000000151. The molecule has 1 rings (SSSR count). The number of carboxylic acid groups (broad SMARTS) is 6. The van der Waals surface area contributed by atoms with Gasteiger partial charge in [0.15, 0.2) is 0 Å². The second-order valence-electron chi connectivity index (χ2n) is 10.4. The minimum Gasteiger partial charge on any atom is -0.480 e. The molecule has 0 aromatic heterocycles. The molecule has 1 amide bonds. The van der Waals surface area contributed by atoms with E-state index in [2.05, 4.69) is 17.9 Å². The third kappa shape index (κ3) is 38.5. The second kappa shape index (κ2) is 31.0. The molecule has 0 unspecified atom stereocenters. The summed E-state index contributed by atoms with van der Waals surface area (Å²) in [6.07, 6.45) is 1.91. The average molecular weight is 706 g/mol. The van der Waals surface area contributed by atoms with Gasteiger partial charge >= 0.3 is 35.8 Å². The number of aliphatic carboxylic acids is 6. The van der Waals surface area contributed by atoms with E-state index in [0.29, 0.717) is 0 Å². The summed E-state index contributed by atoms with van der Waals surface area (Å²) in [6.45, 7) is 9.38. The molecule has 6 atom stereocenters. The van der Waals surface area contributed by atoms with Crippen LogP contribution in [0, 0.1) is 11.8 Å². The first kappa shape index (κ1) is 52.9. The largest absolute Gasteiger partial charge is 0.480 e. The zero-order valence-electron chi connectivity index (χ0n) is 27.3. The molecule has 21 heteroatoms. The van der Waals surface area contributed by atoms with Crippen LogP contribution in [0.15, 0.2) is 0 Å². The van der Waals surface area contributed by atoms with Crippen LogP contribution in [0.4, 0.5) is 0 Å². The quantitative estimate of drug-likeness (QED) is 0.0921. The summed E-state index contributed by atoms with van der Waals surface area (Å²) in [4.78, 5) is 69.6. The van der Waals surface area contributed by atoms with Gasteiger partial charge in [-0.05, 0) is 44.6 Å². The van der Waals surface area contributed by atoms with E-state index in [1.807, 2.05) is 0 Å². The third-order valence-corrected chi connectivity index (χ3v) is 5.68. The summed E-state index contributed by atoms with van der Waals surface area (Å²) in [6, 6.07) is -4.22. The number of rotatable bonds is 12. The number of thiol groups is 1. The minimum atomic E-state index is -1.11. The van der Waals surface area contributed by atoms with E-state index in [1.165, 1.54) is 6.92 Å². The molecule has 278 valence electrons. The number of hydrogen-bond donors (Lipinski definition) is 14. The Kier molecular flexibility index (Phi) is 34.9. The van der Waals surface area contributed by atoms with Gasteiger partial charge in [0.25, 0.3) is 0 Å². The first-order valence-electron chi connectivity index (χ1n) is 14.0. The van der Waals surface area contributed by atoms with E-state index in [-0.39, 0.29) is 36.5 Å². The molecule has 0 radical (unpaired) electrons. The van der Waals surface area contributed by atoms with Gasteiger partial charge in [-0.1, -0.05) is 27.7 Å². The van der Waals surface area contributed by atoms with Crippen molar-refractivity contribution in [3.8, 4) is 0 Å². The van der Waals surface area contributed by atoms with Crippen molar-refractivity contribution in [1.82, 2.24) is 5.32 Å². The van der Waals surface area contributed by atoms with Crippen molar-refractivity contribution in [3.05, 3.63) is 0 Å². The molecule has 1 aliphatic heterocycles. The number of carbonyl (C=O) groups excluding carboxylic acids is 1. The van der Waals surface area contributed by atoms with Gasteiger partial charge < -0.3 is 70.4 Å². The van der Waals surface area contributed by atoms with Crippen LogP contribution in [0.5, 0.6) is 0 Å². The number of amides is 1. The lowest BCUT2D eigenvalue weighted by atomic mass is 10.1. The van der Waals surface area contributed by atoms with E-state index in [0.717, 1.165) is 19.4 Å². The van der Waals surface area contributed by atoms with Crippen molar-refractivity contribution in [2.24, 2.45) is 46.2 Å². The van der Waals surface area contributed by atoms with Gasteiger partial charge in [-0.25, -0.2) is 0 Å². The molecule has 0 aromatic rings. The summed E-state index contributed by atoms with van der Waals surface area (Å²) < 4.78 is 0.